The highest BCUT2D eigenvalue weighted by Crippen LogP contribution is 2.46. The van der Waals surface area contributed by atoms with E-state index in [2.05, 4.69) is 16.9 Å². The van der Waals surface area contributed by atoms with E-state index in [4.69, 9.17) is 0 Å². The fraction of sp³-hybridized carbons (Fsp3) is 0.636. The van der Waals surface area contributed by atoms with Gasteiger partial charge in [-0.25, -0.2) is 0 Å². The summed E-state index contributed by atoms with van der Waals surface area (Å²) in [5.41, 5.74) is 0.715. The molecule has 1 aromatic rings. The van der Waals surface area contributed by atoms with Gasteiger partial charge in [-0.3, -0.25) is 9.97 Å². The summed E-state index contributed by atoms with van der Waals surface area (Å²) in [6.45, 7) is 2.14. The van der Waals surface area contributed by atoms with Crippen LogP contribution in [0.4, 0.5) is 0 Å². The predicted molar refractivity (Wildman–Crippen MR) is 53.6 cm³/mol. The summed E-state index contributed by atoms with van der Waals surface area (Å²) in [5.74, 6) is 0. The summed E-state index contributed by atoms with van der Waals surface area (Å²) in [6, 6.07) is 0. The van der Waals surface area contributed by atoms with E-state index >= 15 is 0 Å². The van der Waals surface area contributed by atoms with E-state index in [-0.39, 0.29) is 5.41 Å². The monoisotopic (exact) mass is 192 g/mol. The molecule has 14 heavy (non-hydrogen) atoms. The Morgan fingerprint density at radius 1 is 1.36 bits per heavy atom. The summed E-state index contributed by atoms with van der Waals surface area (Å²) in [7, 11) is 0. The van der Waals surface area contributed by atoms with Gasteiger partial charge in [-0.2, -0.15) is 0 Å². The van der Waals surface area contributed by atoms with Gasteiger partial charge in [-0.1, -0.05) is 19.8 Å². The van der Waals surface area contributed by atoms with E-state index in [0.717, 1.165) is 12.8 Å². The molecule has 1 unspecified atom stereocenters. The smallest absolute Gasteiger partial charge is 0.103 e. The maximum atomic E-state index is 10.2. The number of aromatic nitrogens is 2. The van der Waals surface area contributed by atoms with Crippen LogP contribution >= 0.6 is 0 Å². The minimum absolute atomic E-state index is 0.00995. The molecule has 0 aliphatic heterocycles. The van der Waals surface area contributed by atoms with E-state index in [0.29, 0.717) is 5.69 Å². The van der Waals surface area contributed by atoms with Gasteiger partial charge in [0.1, 0.15) is 6.10 Å². The Kier molecular flexibility index (Phi) is 2.50. The molecular formula is C11H16N2O. The third kappa shape index (κ3) is 1.64. The fourth-order valence-corrected chi connectivity index (χ4v) is 2.26. The van der Waals surface area contributed by atoms with Crippen molar-refractivity contribution < 1.29 is 5.11 Å². The Balaban J connectivity index is 2.19. The number of hydrogen-bond acceptors (Lipinski definition) is 3. The molecule has 2 rings (SSSR count). The Morgan fingerprint density at radius 2 is 2.07 bits per heavy atom. The maximum Gasteiger partial charge on any atom is 0.103 e. The highest BCUT2D eigenvalue weighted by molar-refractivity contribution is 5.05. The molecule has 3 heteroatoms. The van der Waals surface area contributed by atoms with Crippen LogP contribution in [0.1, 0.15) is 44.4 Å². The van der Waals surface area contributed by atoms with Crippen molar-refractivity contribution in [1.82, 2.24) is 9.97 Å². The summed E-state index contributed by atoms with van der Waals surface area (Å²) < 4.78 is 0. The lowest BCUT2D eigenvalue weighted by molar-refractivity contribution is 0.0370. The predicted octanol–water partition coefficient (Wildman–Crippen LogP) is 2.09. The second-order valence-electron chi connectivity index (χ2n) is 4.39. The zero-order valence-electron chi connectivity index (χ0n) is 8.48. The van der Waals surface area contributed by atoms with Gasteiger partial charge in [-0.15, -0.1) is 0 Å². The highest BCUT2D eigenvalue weighted by Gasteiger charge is 2.37. The Morgan fingerprint density at radius 3 is 2.64 bits per heavy atom. The molecular weight excluding hydrogens is 176 g/mol. The second-order valence-corrected chi connectivity index (χ2v) is 4.39. The van der Waals surface area contributed by atoms with Gasteiger partial charge < -0.3 is 5.11 Å². The maximum absolute atomic E-state index is 10.2. The van der Waals surface area contributed by atoms with Gasteiger partial charge in [0.25, 0.3) is 0 Å². The second kappa shape index (κ2) is 3.65. The van der Waals surface area contributed by atoms with Crippen LogP contribution in [0.5, 0.6) is 0 Å². The fourth-order valence-electron chi connectivity index (χ4n) is 2.26. The summed E-state index contributed by atoms with van der Waals surface area (Å²) in [5, 5.41) is 10.2. The lowest BCUT2D eigenvalue weighted by Gasteiger charge is -2.29. The molecule has 1 aliphatic rings. The molecule has 1 aromatic heterocycles. The number of hydrogen-bond donors (Lipinski definition) is 1. The van der Waals surface area contributed by atoms with Crippen LogP contribution in [-0.4, -0.2) is 15.1 Å². The normalized spacial score (nSPS) is 22.1. The molecule has 1 saturated carbocycles. The molecule has 0 spiro atoms. The molecule has 0 aromatic carbocycles. The first-order valence-corrected chi connectivity index (χ1v) is 5.16. The number of aliphatic hydroxyl groups is 1. The van der Waals surface area contributed by atoms with Gasteiger partial charge >= 0.3 is 0 Å². The van der Waals surface area contributed by atoms with Gasteiger partial charge in [0, 0.05) is 12.4 Å². The zero-order valence-corrected chi connectivity index (χ0v) is 8.48. The molecule has 1 fully saturated rings. The minimum Gasteiger partial charge on any atom is -0.386 e. The summed E-state index contributed by atoms with van der Waals surface area (Å²) >= 11 is 0. The number of rotatable bonds is 2. The minimum atomic E-state index is -0.460. The van der Waals surface area contributed by atoms with Crippen molar-refractivity contribution >= 4 is 0 Å². The third-order valence-electron chi connectivity index (χ3n) is 3.27. The van der Waals surface area contributed by atoms with Crippen LogP contribution in [0.3, 0.4) is 0 Å². The van der Waals surface area contributed by atoms with E-state index in [1.54, 1.807) is 18.6 Å². The van der Waals surface area contributed by atoms with Crippen LogP contribution < -0.4 is 0 Å². The summed E-state index contributed by atoms with van der Waals surface area (Å²) in [4.78, 5) is 8.14. The first kappa shape index (κ1) is 9.59. The molecule has 0 amide bonds. The van der Waals surface area contributed by atoms with Crippen molar-refractivity contribution in [2.75, 3.05) is 0 Å². The van der Waals surface area contributed by atoms with E-state index in [9.17, 15) is 5.11 Å². The Labute approximate surface area is 84.2 Å². The first-order valence-electron chi connectivity index (χ1n) is 5.16. The molecule has 0 saturated heterocycles. The first-order chi connectivity index (χ1) is 6.72. The van der Waals surface area contributed by atoms with Crippen molar-refractivity contribution in [3.05, 3.63) is 24.3 Å². The topological polar surface area (TPSA) is 46.0 Å². The molecule has 0 radical (unpaired) electrons. The SMILES string of the molecule is CC1(C(O)c2cnccn2)CCCC1. The van der Waals surface area contributed by atoms with Crippen molar-refractivity contribution in [2.24, 2.45) is 5.41 Å². The van der Waals surface area contributed by atoms with Crippen molar-refractivity contribution in [2.45, 2.75) is 38.7 Å². The van der Waals surface area contributed by atoms with Gasteiger partial charge in [0.2, 0.25) is 0 Å². The number of aliphatic hydroxyl groups excluding tert-OH is 1. The van der Waals surface area contributed by atoms with Gasteiger partial charge in [-0.05, 0) is 18.3 Å². The molecule has 1 aliphatic carbocycles. The quantitative estimate of drug-likeness (QED) is 0.780. The summed E-state index contributed by atoms with van der Waals surface area (Å²) in [6.07, 6.45) is 9.08. The standard InChI is InChI=1S/C11H16N2O/c1-11(4-2-3-5-11)10(14)9-8-12-6-7-13-9/h6-8,10,14H,2-5H2,1H3. The molecule has 76 valence electrons. The molecule has 1 atom stereocenters. The van der Waals surface area contributed by atoms with E-state index in [1.807, 2.05) is 0 Å². The van der Waals surface area contributed by atoms with Gasteiger partial charge in [0.05, 0.1) is 11.9 Å². The number of nitrogens with zero attached hydrogens (tertiary/aromatic N) is 2. The largest absolute Gasteiger partial charge is 0.386 e. The van der Waals surface area contributed by atoms with Crippen molar-refractivity contribution in [3.63, 3.8) is 0 Å². The Bertz CT molecular complexity index is 293. The van der Waals surface area contributed by atoms with Crippen LogP contribution in [-0.2, 0) is 0 Å². The molecule has 1 heterocycles. The van der Waals surface area contributed by atoms with Crippen LogP contribution in [0.2, 0.25) is 0 Å². The van der Waals surface area contributed by atoms with E-state index < -0.39 is 6.10 Å². The average Bonchev–Trinajstić information content (AvgIpc) is 2.67. The lowest BCUT2D eigenvalue weighted by atomic mass is 9.81. The van der Waals surface area contributed by atoms with Gasteiger partial charge in [0.15, 0.2) is 0 Å². The van der Waals surface area contributed by atoms with Crippen molar-refractivity contribution in [1.29, 1.82) is 0 Å². The lowest BCUT2D eigenvalue weighted by Crippen LogP contribution is -2.22. The molecule has 3 nitrogen and oxygen atoms in total. The van der Waals surface area contributed by atoms with Crippen LogP contribution in [0, 0.1) is 5.41 Å². The molecule has 0 bridgehead atoms. The van der Waals surface area contributed by atoms with Crippen LogP contribution in [0.25, 0.3) is 0 Å². The highest BCUT2D eigenvalue weighted by atomic mass is 16.3. The van der Waals surface area contributed by atoms with Crippen molar-refractivity contribution in [3.8, 4) is 0 Å². The van der Waals surface area contributed by atoms with E-state index in [1.165, 1.54) is 12.8 Å². The Hall–Kier alpha value is -0.960. The van der Waals surface area contributed by atoms with Crippen LogP contribution in [0.15, 0.2) is 18.6 Å². The average molecular weight is 192 g/mol. The zero-order chi connectivity index (χ0) is 10.0. The molecule has 1 N–H and O–H groups in total. The third-order valence-corrected chi connectivity index (χ3v) is 3.27.